The summed E-state index contributed by atoms with van der Waals surface area (Å²) in [6.07, 6.45) is 1.35. The number of hydrogen-bond donors (Lipinski definition) is 0. The van der Waals surface area contributed by atoms with Crippen molar-refractivity contribution in [2.45, 2.75) is 44.8 Å². The third-order valence-corrected chi connectivity index (χ3v) is 6.83. The van der Waals surface area contributed by atoms with Crippen molar-refractivity contribution >= 4 is 21.7 Å². The molecule has 0 radical (unpaired) electrons. The summed E-state index contributed by atoms with van der Waals surface area (Å²) in [5.74, 6) is 0.0359. The second-order valence-corrected chi connectivity index (χ2v) is 8.97. The summed E-state index contributed by atoms with van der Waals surface area (Å²) in [6.45, 7) is 2.74. The van der Waals surface area contributed by atoms with Crippen molar-refractivity contribution in [2.24, 2.45) is 0 Å². The lowest BCUT2D eigenvalue weighted by Gasteiger charge is -2.33. The number of sulfone groups is 1. The van der Waals surface area contributed by atoms with Crippen molar-refractivity contribution in [3.63, 3.8) is 0 Å². The van der Waals surface area contributed by atoms with E-state index >= 15 is 0 Å². The van der Waals surface area contributed by atoms with E-state index in [1.807, 2.05) is 37.3 Å². The van der Waals surface area contributed by atoms with Crippen LogP contribution in [0, 0.1) is 0 Å². The van der Waals surface area contributed by atoms with Crippen LogP contribution in [0.1, 0.15) is 31.7 Å². The molecule has 136 valence electrons. The molecule has 7 heteroatoms. The lowest BCUT2D eigenvalue weighted by Crippen LogP contribution is -2.50. The van der Waals surface area contributed by atoms with Gasteiger partial charge in [0.1, 0.15) is 6.04 Å². The van der Waals surface area contributed by atoms with Crippen molar-refractivity contribution in [1.29, 1.82) is 0 Å². The minimum atomic E-state index is -3.05. The van der Waals surface area contributed by atoms with Crippen LogP contribution in [0.4, 0.5) is 0 Å². The molecule has 2 amide bonds. The Labute approximate surface area is 148 Å². The second kappa shape index (κ2) is 7.15. The van der Waals surface area contributed by atoms with Crippen LogP contribution in [0.25, 0.3) is 0 Å². The first kappa shape index (κ1) is 17.9. The van der Waals surface area contributed by atoms with Crippen LogP contribution in [0.5, 0.6) is 0 Å². The van der Waals surface area contributed by atoms with E-state index in [4.69, 9.17) is 0 Å². The van der Waals surface area contributed by atoms with Gasteiger partial charge in [0.25, 0.3) is 0 Å². The monoisotopic (exact) mass is 364 g/mol. The molecule has 0 aliphatic carbocycles. The van der Waals surface area contributed by atoms with Crippen molar-refractivity contribution < 1.29 is 18.0 Å². The number of hydrogen-bond acceptors (Lipinski definition) is 4. The first-order chi connectivity index (χ1) is 11.9. The lowest BCUT2D eigenvalue weighted by molar-refractivity contribution is -0.143. The van der Waals surface area contributed by atoms with Crippen LogP contribution in [-0.2, 0) is 26.0 Å². The van der Waals surface area contributed by atoms with Gasteiger partial charge in [0.15, 0.2) is 9.84 Å². The fourth-order valence-corrected chi connectivity index (χ4v) is 5.51. The number of amides is 2. The number of benzene rings is 1. The molecule has 0 spiro atoms. The first-order valence-corrected chi connectivity index (χ1v) is 10.6. The second-order valence-electron chi connectivity index (χ2n) is 6.74. The molecule has 2 saturated heterocycles. The Morgan fingerprint density at radius 1 is 1.24 bits per heavy atom. The maximum Gasteiger partial charge on any atom is 0.245 e. The zero-order valence-electron chi connectivity index (χ0n) is 14.4. The van der Waals surface area contributed by atoms with Crippen molar-refractivity contribution in [3.8, 4) is 0 Å². The van der Waals surface area contributed by atoms with Gasteiger partial charge in [-0.3, -0.25) is 9.59 Å². The number of likely N-dealkylation sites (tertiary alicyclic amines) is 1. The molecule has 3 rings (SSSR count). The standard InChI is InChI=1S/C18H24N2O4S/c1-2-19(15-10-11-25(23,24)13-15)18(22)16-8-9-17(21)20(16)12-14-6-4-3-5-7-14/h3-7,15-16H,2,8-13H2,1H3. The van der Waals surface area contributed by atoms with Gasteiger partial charge in [0.2, 0.25) is 11.8 Å². The van der Waals surface area contributed by atoms with Gasteiger partial charge in [-0.25, -0.2) is 8.42 Å². The molecule has 2 fully saturated rings. The van der Waals surface area contributed by atoms with E-state index in [9.17, 15) is 18.0 Å². The summed E-state index contributed by atoms with van der Waals surface area (Å²) in [6, 6.07) is 8.86. The highest BCUT2D eigenvalue weighted by Gasteiger charge is 2.41. The van der Waals surface area contributed by atoms with Gasteiger partial charge in [-0.05, 0) is 25.3 Å². The van der Waals surface area contributed by atoms with E-state index < -0.39 is 15.9 Å². The molecule has 1 aromatic carbocycles. The van der Waals surface area contributed by atoms with Crippen LogP contribution in [0.15, 0.2) is 30.3 Å². The Morgan fingerprint density at radius 3 is 2.56 bits per heavy atom. The number of carbonyl (C=O) groups is 2. The predicted octanol–water partition coefficient (Wildman–Crippen LogP) is 1.21. The van der Waals surface area contributed by atoms with E-state index in [1.54, 1.807) is 9.80 Å². The fraction of sp³-hybridized carbons (Fsp3) is 0.556. The smallest absolute Gasteiger partial charge is 0.245 e. The molecule has 2 aliphatic rings. The highest BCUT2D eigenvalue weighted by atomic mass is 32.2. The number of nitrogens with zero attached hydrogens (tertiary/aromatic N) is 2. The van der Waals surface area contributed by atoms with Gasteiger partial charge >= 0.3 is 0 Å². The average molecular weight is 364 g/mol. The molecule has 1 aromatic rings. The number of carbonyl (C=O) groups excluding carboxylic acids is 2. The van der Waals surface area contributed by atoms with Gasteiger partial charge in [0, 0.05) is 25.6 Å². The van der Waals surface area contributed by atoms with E-state index in [2.05, 4.69) is 0 Å². The van der Waals surface area contributed by atoms with Crippen molar-refractivity contribution in [2.75, 3.05) is 18.1 Å². The maximum absolute atomic E-state index is 13.1. The molecule has 0 N–H and O–H groups in total. The van der Waals surface area contributed by atoms with Gasteiger partial charge in [-0.1, -0.05) is 30.3 Å². The minimum absolute atomic E-state index is 0.0164. The summed E-state index contributed by atoms with van der Waals surface area (Å²) in [4.78, 5) is 28.6. The molecule has 0 saturated carbocycles. The quantitative estimate of drug-likeness (QED) is 0.787. The van der Waals surface area contributed by atoms with Gasteiger partial charge in [-0.2, -0.15) is 0 Å². The van der Waals surface area contributed by atoms with Crippen LogP contribution in [0.3, 0.4) is 0 Å². The highest BCUT2D eigenvalue weighted by Crippen LogP contribution is 2.26. The fourth-order valence-electron chi connectivity index (χ4n) is 3.78. The normalized spacial score (nSPS) is 25.3. The summed E-state index contributed by atoms with van der Waals surface area (Å²) < 4.78 is 23.5. The largest absolute Gasteiger partial charge is 0.337 e. The van der Waals surface area contributed by atoms with Gasteiger partial charge in [0.05, 0.1) is 11.5 Å². The molecule has 0 bridgehead atoms. The Kier molecular flexibility index (Phi) is 5.13. The van der Waals surface area contributed by atoms with Crippen LogP contribution >= 0.6 is 0 Å². The molecule has 25 heavy (non-hydrogen) atoms. The van der Waals surface area contributed by atoms with E-state index in [-0.39, 0.29) is 29.4 Å². The molecular weight excluding hydrogens is 340 g/mol. The zero-order chi connectivity index (χ0) is 18.0. The van der Waals surface area contributed by atoms with E-state index in [0.717, 1.165) is 5.56 Å². The molecular formula is C18H24N2O4S. The predicted molar refractivity (Wildman–Crippen MR) is 94.5 cm³/mol. The third kappa shape index (κ3) is 3.86. The Hall–Kier alpha value is -1.89. The summed E-state index contributed by atoms with van der Waals surface area (Å²) >= 11 is 0. The molecule has 2 atom stereocenters. The first-order valence-electron chi connectivity index (χ1n) is 8.75. The van der Waals surface area contributed by atoms with Crippen molar-refractivity contribution in [3.05, 3.63) is 35.9 Å². The summed E-state index contributed by atoms with van der Waals surface area (Å²) in [7, 11) is -3.05. The zero-order valence-corrected chi connectivity index (χ0v) is 15.2. The lowest BCUT2D eigenvalue weighted by atomic mass is 10.1. The Bertz CT molecular complexity index is 748. The molecule has 2 unspecified atom stereocenters. The third-order valence-electron chi connectivity index (χ3n) is 5.08. The van der Waals surface area contributed by atoms with Gasteiger partial charge in [-0.15, -0.1) is 0 Å². The van der Waals surface area contributed by atoms with E-state index in [1.165, 1.54) is 0 Å². The molecule has 6 nitrogen and oxygen atoms in total. The van der Waals surface area contributed by atoms with Crippen LogP contribution < -0.4 is 0 Å². The van der Waals surface area contributed by atoms with Crippen LogP contribution in [0.2, 0.25) is 0 Å². The molecule has 2 heterocycles. The SMILES string of the molecule is CCN(C(=O)C1CCC(=O)N1Cc1ccccc1)C1CCS(=O)(=O)C1. The molecule has 0 aromatic heterocycles. The number of likely N-dealkylation sites (N-methyl/N-ethyl adjacent to an activating group) is 1. The topological polar surface area (TPSA) is 74.8 Å². The Balaban J connectivity index is 1.76. The summed E-state index contributed by atoms with van der Waals surface area (Å²) in [5.41, 5.74) is 0.988. The maximum atomic E-state index is 13.1. The minimum Gasteiger partial charge on any atom is -0.337 e. The van der Waals surface area contributed by atoms with E-state index in [0.29, 0.717) is 32.4 Å². The van der Waals surface area contributed by atoms with Gasteiger partial charge < -0.3 is 9.80 Å². The summed E-state index contributed by atoms with van der Waals surface area (Å²) in [5, 5.41) is 0. The number of rotatable bonds is 5. The Morgan fingerprint density at radius 2 is 1.96 bits per heavy atom. The highest BCUT2D eigenvalue weighted by molar-refractivity contribution is 7.91. The van der Waals surface area contributed by atoms with Crippen molar-refractivity contribution in [1.82, 2.24) is 9.80 Å². The van der Waals surface area contributed by atoms with Crippen LogP contribution in [-0.4, -0.2) is 60.2 Å². The molecule has 2 aliphatic heterocycles. The average Bonchev–Trinajstić information content (AvgIpc) is 3.12.